The number of nitrogens with one attached hydrogen (secondary N) is 1. The lowest BCUT2D eigenvalue weighted by molar-refractivity contribution is 0.234. The molecular weight excluding hydrogens is 232 g/mol. The number of benzene rings is 1. The molecule has 3 rings (SSSR count). The van der Waals surface area contributed by atoms with Gasteiger partial charge in [0.2, 0.25) is 0 Å². The van der Waals surface area contributed by atoms with Crippen molar-refractivity contribution in [3.8, 4) is 0 Å². The molecule has 0 aromatic heterocycles. The summed E-state index contributed by atoms with van der Waals surface area (Å²) in [6.45, 7) is 5.75. The fourth-order valence-corrected chi connectivity index (χ4v) is 3.02. The molecule has 1 N–H and O–H groups in total. The summed E-state index contributed by atoms with van der Waals surface area (Å²) in [7, 11) is 2.22. The zero-order valence-electron chi connectivity index (χ0n) is 12.3. The van der Waals surface area contributed by atoms with Gasteiger partial charge in [0.05, 0.1) is 0 Å². The van der Waals surface area contributed by atoms with Crippen molar-refractivity contribution in [1.82, 2.24) is 10.2 Å². The van der Waals surface area contributed by atoms with E-state index in [1.165, 1.54) is 49.9 Å². The Morgan fingerprint density at radius 3 is 2.58 bits per heavy atom. The highest BCUT2D eigenvalue weighted by Crippen LogP contribution is 2.40. The number of piperidine rings is 1. The van der Waals surface area contributed by atoms with E-state index in [1.807, 2.05) is 0 Å². The molecule has 2 heteroatoms. The summed E-state index contributed by atoms with van der Waals surface area (Å²) in [6, 6.07) is 7.78. The molecule has 0 spiro atoms. The van der Waals surface area contributed by atoms with Crippen LogP contribution < -0.4 is 5.32 Å². The van der Waals surface area contributed by atoms with Crippen LogP contribution in [0.4, 0.5) is 0 Å². The van der Waals surface area contributed by atoms with Gasteiger partial charge < -0.3 is 10.2 Å². The molecule has 1 aliphatic heterocycles. The average Bonchev–Trinajstić information content (AvgIpc) is 3.24. The van der Waals surface area contributed by atoms with Gasteiger partial charge in [0.1, 0.15) is 0 Å². The number of rotatable bonds is 4. The van der Waals surface area contributed by atoms with Crippen molar-refractivity contribution in [1.29, 1.82) is 0 Å². The minimum absolute atomic E-state index is 0.709. The molecule has 2 aliphatic rings. The number of hydrogen-bond acceptors (Lipinski definition) is 2. The van der Waals surface area contributed by atoms with Gasteiger partial charge in [-0.2, -0.15) is 0 Å². The highest BCUT2D eigenvalue weighted by Gasteiger charge is 2.24. The van der Waals surface area contributed by atoms with E-state index in [9.17, 15) is 0 Å². The van der Waals surface area contributed by atoms with Gasteiger partial charge in [-0.3, -0.25) is 0 Å². The first-order valence-corrected chi connectivity index (χ1v) is 7.74. The van der Waals surface area contributed by atoms with Crippen LogP contribution in [0.2, 0.25) is 0 Å². The van der Waals surface area contributed by atoms with E-state index < -0.39 is 0 Å². The standard InChI is InChI=1S/C17H26N2/c1-13-3-4-15(14-5-6-14)11-16(13)12-18-17-7-9-19(2)10-8-17/h3-4,11,14,17-18H,5-10,12H2,1-2H3. The first-order chi connectivity index (χ1) is 9.22. The second-order valence-electron chi connectivity index (χ2n) is 6.42. The minimum atomic E-state index is 0.709. The molecule has 2 nitrogen and oxygen atoms in total. The first-order valence-electron chi connectivity index (χ1n) is 7.74. The molecule has 1 aromatic rings. The lowest BCUT2D eigenvalue weighted by atomic mass is 10.0. The molecule has 19 heavy (non-hydrogen) atoms. The second-order valence-corrected chi connectivity index (χ2v) is 6.42. The summed E-state index contributed by atoms with van der Waals surface area (Å²) in [5, 5.41) is 3.76. The first kappa shape index (κ1) is 13.1. The number of hydrogen-bond donors (Lipinski definition) is 1. The van der Waals surface area contributed by atoms with Crippen LogP contribution in [0.25, 0.3) is 0 Å². The van der Waals surface area contributed by atoms with Crippen LogP contribution in [0.15, 0.2) is 18.2 Å². The van der Waals surface area contributed by atoms with Crippen LogP contribution >= 0.6 is 0 Å². The van der Waals surface area contributed by atoms with E-state index in [4.69, 9.17) is 0 Å². The van der Waals surface area contributed by atoms with E-state index in [0.29, 0.717) is 6.04 Å². The van der Waals surface area contributed by atoms with Crippen molar-refractivity contribution in [2.75, 3.05) is 20.1 Å². The topological polar surface area (TPSA) is 15.3 Å². The number of nitrogens with zero attached hydrogens (tertiary/aromatic N) is 1. The Morgan fingerprint density at radius 1 is 1.16 bits per heavy atom. The predicted octanol–water partition coefficient (Wildman–Crippen LogP) is 3.06. The molecule has 1 saturated carbocycles. The lowest BCUT2D eigenvalue weighted by Crippen LogP contribution is -2.40. The molecule has 0 bridgehead atoms. The Morgan fingerprint density at radius 2 is 1.89 bits per heavy atom. The van der Waals surface area contributed by atoms with Gasteiger partial charge in [0.15, 0.2) is 0 Å². The molecule has 1 aliphatic carbocycles. The lowest BCUT2D eigenvalue weighted by Gasteiger charge is -2.29. The zero-order valence-corrected chi connectivity index (χ0v) is 12.3. The SMILES string of the molecule is Cc1ccc(C2CC2)cc1CNC1CCN(C)CC1. The van der Waals surface area contributed by atoms with E-state index in [0.717, 1.165) is 12.5 Å². The van der Waals surface area contributed by atoms with Gasteiger partial charge in [-0.05, 0) is 75.4 Å². The van der Waals surface area contributed by atoms with Crippen molar-refractivity contribution in [2.45, 2.75) is 51.1 Å². The average molecular weight is 258 g/mol. The number of likely N-dealkylation sites (tertiary alicyclic amines) is 1. The van der Waals surface area contributed by atoms with E-state index >= 15 is 0 Å². The monoisotopic (exact) mass is 258 g/mol. The van der Waals surface area contributed by atoms with Crippen LogP contribution in [0.5, 0.6) is 0 Å². The maximum absolute atomic E-state index is 3.76. The molecule has 104 valence electrons. The molecule has 0 amide bonds. The highest BCUT2D eigenvalue weighted by atomic mass is 15.1. The summed E-state index contributed by atoms with van der Waals surface area (Å²) >= 11 is 0. The van der Waals surface area contributed by atoms with Gasteiger partial charge in [-0.15, -0.1) is 0 Å². The van der Waals surface area contributed by atoms with E-state index in [1.54, 1.807) is 5.56 Å². The second kappa shape index (κ2) is 5.64. The van der Waals surface area contributed by atoms with Crippen molar-refractivity contribution >= 4 is 0 Å². The number of aryl methyl sites for hydroxylation is 1. The third-order valence-electron chi connectivity index (χ3n) is 4.72. The largest absolute Gasteiger partial charge is 0.310 e. The van der Waals surface area contributed by atoms with Crippen LogP contribution in [0.3, 0.4) is 0 Å². The quantitative estimate of drug-likeness (QED) is 0.893. The summed E-state index contributed by atoms with van der Waals surface area (Å²) in [5.41, 5.74) is 4.50. The molecular formula is C17H26N2. The van der Waals surface area contributed by atoms with Crippen LogP contribution in [0, 0.1) is 6.92 Å². The molecule has 0 radical (unpaired) electrons. The van der Waals surface area contributed by atoms with E-state index in [-0.39, 0.29) is 0 Å². The maximum atomic E-state index is 3.76. The van der Waals surface area contributed by atoms with Crippen LogP contribution in [-0.2, 0) is 6.54 Å². The van der Waals surface area contributed by atoms with Gasteiger partial charge in [-0.25, -0.2) is 0 Å². The van der Waals surface area contributed by atoms with Gasteiger partial charge >= 0.3 is 0 Å². The van der Waals surface area contributed by atoms with Gasteiger partial charge in [0.25, 0.3) is 0 Å². The van der Waals surface area contributed by atoms with Crippen molar-refractivity contribution in [2.24, 2.45) is 0 Å². The summed E-state index contributed by atoms with van der Waals surface area (Å²) in [6.07, 6.45) is 5.37. The zero-order chi connectivity index (χ0) is 13.2. The van der Waals surface area contributed by atoms with Gasteiger partial charge in [0, 0.05) is 12.6 Å². The highest BCUT2D eigenvalue weighted by molar-refractivity contribution is 5.34. The molecule has 0 unspecified atom stereocenters. The Kier molecular flexibility index (Phi) is 3.90. The van der Waals surface area contributed by atoms with Gasteiger partial charge in [-0.1, -0.05) is 18.2 Å². The Balaban J connectivity index is 1.58. The molecule has 1 saturated heterocycles. The van der Waals surface area contributed by atoms with Crippen molar-refractivity contribution in [3.05, 3.63) is 34.9 Å². The van der Waals surface area contributed by atoms with E-state index in [2.05, 4.69) is 42.4 Å². The Labute approximate surface area is 117 Å². The molecule has 2 fully saturated rings. The molecule has 1 aromatic carbocycles. The summed E-state index contributed by atoms with van der Waals surface area (Å²) in [4.78, 5) is 2.43. The van der Waals surface area contributed by atoms with Crippen LogP contribution in [0.1, 0.15) is 48.3 Å². The van der Waals surface area contributed by atoms with Crippen LogP contribution in [-0.4, -0.2) is 31.1 Å². The van der Waals surface area contributed by atoms with Crippen molar-refractivity contribution < 1.29 is 0 Å². The predicted molar refractivity (Wildman–Crippen MR) is 80.5 cm³/mol. The normalized spacial score (nSPS) is 21.8. The summed E-state index contributed by atoms with van der Waals surface area (Å²) < 4.78 is 0. The molecule has 1 heterocycles. The third-order valence-corrected chi connectivity index (χ3v) is 4.72. The fraction of sp³-hybridized carbons (Fsp3) is 0.647. The Bertz CT molecular complexity index is 429. The maximum Gasteiger partial charge on any atom is 0.0210 e. The van der Waals surface area contributed by atoms with Crippen molar-refractivity contribution in [3.63, 3.8) is 0 Å². The summed E-state index contributed by atoms with van der Waals surface area (Å²) in [5.74, 6) is 0.864. The molecule has 0 atom stereocenters. The smallest absolute Gasteiger partial charge is 0.0210 e. The minimum Gasteiger partial charge on any atom is -0.310 e. The third kappa shape index (κ3) is 3.37. The Hall–Kier alpha value is -0.860. The fourth-order valence-electron chi connectivity index (χ4n) is 3.02.